The van der Waals surface area contributed by atoms with E-state index in [1.807, 2.05) is 50.2 Å². The van der Waals surface area contributed by atoms with E-state index >= 15 is 0 Å². The zero-order valence-electron chi connectivity index (χ0n) is 21.9. The van der Waals surface area contributed by atoms with E-state index in [1.54, 1.807) is 43.5 Å². The lowest BCUT2D eigenvalue weighted by atomic mass is 10.0. The lowest BCUT2D eigenvalue weighted by Gasteiger charge is -2.31. The summed E-state index contributed by atoms with van der Waals surface area (Å²) in [5, 5.41) is 3.42. The van der Waals surface area contributed by atoms with Crippen molar-refractivity contribution in [2.24, 2.45) is 0 Å². The van der Waals surface area contributed by atoms with Crippen LogP contribution in [0.25, 0.3) is 0 Å². The smallest absolute Gasteiger partial charge is 0.251 e. The maximum Gasteiger partial charge on any atom is 0.251 e. The quantitative estimate of drug-likeness (QED) is 0.202. The zero-order chi connectivity index (χ0) is 27.8. The summed E-state index contributed by atoms with van der Waals surface area (Å²) in [7, 11) is 1.57. The van der Waals surface area contributed by atoms with E-state index in [-0.39, 0.29) is 29.9 Å². The molecule has 9 heteroatoms. The number of aromatic nitrogens is 2. The van der Waals surface area contributed by atoms with Gasteiger partial charge in [0.25, 0.3) is 5.91 Å². The Morgan fingerprint density at radius 3 is 2.21 bits per heavy atom. The highest BCUT2D eigenvalue weighted by atomic mass is 32.2. The molecule has 0 bridgehead atoms. The van der Waals surface area contributed by atoms with Gasteiger partial charge in [0.05, 0.1) is 12.9 Å². The molecular formula is C30H29FN4O3S. The first-order valence-electron chi connectivity index (χ1n) is 12.3. The average molecular weight is 545 g/mol. The number of nitrogens with one attached hydrogen (secondary N) is 1. The fourth-order valence-electron chi connectivity index (χ4n) is 4.07. The molecule has 4 aromatic rings. The van der Waals surface area contributed by atoms with Gasteiger partial charge in [-0.2, -0.15) is 0 Å². The first-order chi connectivity index (χ1) is 18.8. The van der Waals surface area contributed by atoms with Crippen LogP contribution in [-0.4, -0.2) is 39.5 Å². The normalized spacial score (nSPS) is 11.5. The Hall–Kier alpha value is -4.24. The van der Waals surface area contributed by atoms with Crippen molar-refractivity contribution in [3.63, 3.8) is 0 Å². The summed E-state index contributed by atoms with van der Waals surface area (Å²) in [6.07, 6.45) is 0. The van der Waals surface area contributed by atoms with Gasteiger partial charge in [0.15, 0.2) is 5.16 Å². The van der Waals surface area contributed by atoms with Gasteiger partial charge in [-0.25, -0.2) is 14.4 Å². The molecule has 200 valence electrons. The highest BCUT2D eigenvalue weighted by molar-refractivity contribution is 7.99. The van der Waals surface area contributed by atoms with Crippen molar-refractivity contribution in [1.29, 1.82) is 0 Å². The molecular weight excluding hydrogens is 515 g/mol. The number of aryl methyl sites for hydroxylation is 2. The lowest BCUT2D eigenvalue weighted by molar-refractivity contribution is -0.137. The van der Waals surface area contributed by atoms with Crippen molar-refractivity contribution in [3.8, 4) is 5.75 Å². The number of nitrogens with zero attached hydrogens (tertiary/aromatic N) is 3. The summed E-state index contributed by atoms with van der Waals surface area (Å²) in [6, 6.07) is 22.9. The van der Waals surface area contributed by atoms with Crippen LogP contribution >= 0.6 is 11.8 Å². The topological polar surface area (TPSA) is 84.4 Å². The van der Waals surface area contributed by atoms with Crippen molar-refractivity contribution in [2.75, 3.05) is 18.2 Å². The minimum Gasteiger partial charge on any atom is -0.497 e. The van der Waals surface area contributed by atoms with Crippen LogP contribution in [0, 0.1) is 19.7 Å². The van der Waals surface area contributed by atoms with Crippen molar-refractivity contribution in [2.45, 2.75) is 31.6 Å². The first kappa shape index (κ1) is 27.8. The van der Waals surface area contributed by atoms with Crippen molar-refractivity contribution in [1.82, 2.24) is 14.9 Å². The molecule has 0 fully saturated rings. The monoisotopic (exact) mass is 544 g/mol. The Labute approximate surface area is 231 Å². The van der Waals surface area contributed by atoms with Crippen LogP contribution in [-0.2, 0) is 16.1 Å². The number of thioether (sulfide) groups is 1. The molecule has 3 aromatic carbocycles. The number of methoxy groups -OCH3 is 1. The number of carbonyl (C=O) groups excluding carboxylic acids is 2. The number of carbonyl (C=O) groups is 2. The second kappa shape index (κ2) is 13.0. The Bertz CT molecular complexity index is 1400. The zero-order valence-corrected chi connectivity index (χ0v) is 22.7. The molecule has 0 aliphatic heterocycles. The predicted octanol–water partition coefficient (Wildman–Crippen LogP) is 5.74. The number of hydrogen-bond donors (Lipinski definition) is 1. The number of halogens is 1. The summed E-state index contributed by atoms with van der Waals surface area (Å²) in [5.74, 6) is -0.369. The molecule has 0 unspecified atom stereocenters. The molecule has 0 aliphatic rings. The predicted molar refractivity (Wildman–Crippen MR) is 150 cm³/mol. The van der Waals surface area contributed by atoms with E-state index in [0.29, 0.717) is 27.7 Å². The standard InChI is InChI=1S/C30H29FN4O3S/c1-20-17-21(2)33-30(32-20)39-19-27(36)35(18-22-9-11-24(31)12-10-22)28(23-7-5-4-6-8-23)29(37)34-25-13-15-26(38-3)16-14-25/h4-17,28H,18-19H2,1-3H3,(H,34,37)/t28-/m0/s1. The Morgan fingerprint density at radius 2 is 1.59 bits per heavy atom. The van der Waals surface area contributed by atoms with Gasteiger partial charge in [0.2, 0.25) is 5.91 Å². The second-order valence-corrected chi connectivity index (χ2v) is 9.84. The fourth-order valence-corrected chi connectivity index (χ4v) is 4.91. The number of anilines is 1. The molecule has 0 aliphatic carbocycles. The molecule has 2 amide bonds. The molecule has 4 rings (SSSR count). The summed E-state index contributed by atoms with van der Waals surface area (Å²) in [4.78, 5) is 37.9. The molecule has 1 aromatic heterocycles. The van der Waals surface area contributed by atoms with Crippen molar-refractivity contribution in [3.05, 3.63) is 113 Å². The Balaban J connectivity index is 1.67. The number of rotatable bonds is 10. The molecule has 1 heterocycles. The minimum atomic E-state index is -0.952. The van der Waals surface area contributed by atoms with E-state index in [4.69, 9.17) is 4.74 Å². The summed E-state index contributed by atoms with van der Waals surface area (Å²) < 4.78 is 18.8. The van der Waals surface area contributed by atoms with Crippen LogP contribution in [0.1, 0.15) is 28.6 Å². The minimum absolute atomic E-state index is 0.0171. The van der Waals surface area contributed by atoms with Crippen molar-refractivity contribution < 1.29 is 18.7 Å². The third-order valence-electron chi connectivity index (χ3n) is 5.91. The highest BCUT2D eigenvalue weighted by Crippen LogP contribution is 2.28. The van der Waals surface area contributed by atoms with Gasteiger partial charge < -0.3 is 15.0 Å². The molecule has 0 spiro atoms. The SMILES string of the molecule is COc1ccc(NC(=O)[C@H](c2ccccc2)N(Cc2ccc(F)cc2)C(=O)CSc2nc(C)cc(C)n2)cc1. The molecule has 1 N–H and O–H groups in total. The van der Waals surface area contributed by atoms with Gasteiger partial charge in [0.1, 0.15) is 17.6 Å². The Kier molecular flexibility index (Phi) is 9.27. The van der Waals surface area contributed by atoms with Crippen molar-refractivity contribution >= 4 is 29.3 Å². The lowest BCUT2D eigenvalue weighted by Crippen LogP contribution is -2.41. The summed E-state index contributed by atoms with van der Waals surface area (Å²) in [6.45, 7) is 3.84. The van der Waals surface area contributed by atoms with E-state index < -0.39 is 6.04 Å². The van der Waals surface area contributed by atoms with Crippen LogP contribution in [0.3, 0.4) is 0 Å². The van der Waals surface area contributed by atoms with Gasteiger partial charge in [-0.1, -0.05) is 54.2 Å². The average Bonchev–Trinajstić information content (AvgIpc) is 2.93. The van der Waals surface area contributed by atoms with Gasteiger partial charge in [-0.3, -0.25) is 9.59 Å². The summed E-state index contributed by atoms with van der Waals surface area (Å²) in [5.41, 5.74) is 3.51. The molecule has 0 saturated heterocycles. The number of ether oxygens (including phenoxy) is 1. The molecule has 7 nitrogen and oxygen atoms in total. The van der Waals surface area contributed by atoms with Gasteiger partial charge >= 0.3 is 0 Å². The third kappa shape index (κ3) is 7.64. The maximum atomic E-state index is 13.8. The van der Waals surface area contributed by atoms with E-state index in [9.17, 15) is 14.0 Å². The number of hydrogen-bond acceptors (Lipinski definition) is 6. The number of benzene rings is 3. The van der Waals surface area contributed by atoms with E-state index in [1.165, 1.54) is 28.8 Å². The molecule has 0 radical (unpaired) electrons. The van der Waals surface area contributed by atoms with Crippen LogP contribution in [0.2, 0.25) is 0 Å². The number of amides is 2. The largest absolute Gasteiger partial charge is 0.497 e. The fraction of sp³-hybridized carbons (Fsp3) is 0.200. The summed E-state index contributed by atoms with van der Waals surface area (Å²) >= 11 is 1.21. The Morgan fingerprint density at radius 1 is 0.949 bits per heavy atom. The first-order valence-corrected chi connectivity index (χ1v) is 13.3. The van der Waals surface area contributed by atoms with Crippen LogP contribution in [0.5, 0.6) is 5.75 Å². The third-order valence-corrected chi connectivity index (χ3v) is 6.74. The molecule has 0 saturated carbocycles. The maximum absolute atomic E-state index is 13.8. The molecule has 1 atom stereocenters. The van der Waals surface area contributed by atoms with Crippen LogP contribution in [0.4, 0.5) is 10.1 Å². The van der Waals surface area contributed by atoms with Gasteiger partial charge in [0, 0.05) is 23.6 Å². The highest BCUT2D eigenvalue weighted by Gasteiger charge is 2.32. The van der Waals surface area contributed by atoms with Gasteiger partial charge in [-0.15, -0.1) is 0 Å². The van der Waals surface area contributed by atoms with Gasteiger partial charge in [-0.05, 0) is 67.4 Å². The molecule has 39 heavy (non-hydrogen) atoms. The van der Waals surface area contributed by atoms with Crippen LogP contribution in [0.15, 0.2) is 90.1 Å². The van der Waals surface area contributed by atoms with E-state index in [2.05, 4.69) is 15.3 Å². The van der Waals surface area contributed by atoms with Crippen LogP contribution < -0.4 is 10.1 Å². The van der Waals surface area contributed by atoms with E-state index in [0.717, 1.165) is 11.4 Å². The second-order valence-electron chi connectivity index (χ2n) is 8.90.